The maximum atomic E-state index is 12.6. The molecule has 0 atom stereocenters. The van der Waals surface area contributed by atoms with Crippen LogP contribution in [0.4, 0.5) is 23.5 Å². The van der Waals surface area contributed by atoms with Crippen LogP contribution < -0.4 is 25.4 Å². The van der Waals surface area contributed by atoms with Crippen molar-refractivity contribution in [3.8, 4) is 11.5 Å². The van der Waals surface area contributed by atoms with Crippen LogP contribution in [0.15, 0.2) is 48.5 Å². The lowest BCUT2D eigenvalue weighted by Gasteiger charge is -2.10. The van der Waals surface area contributed by atoms with Gasteiger partial charge in [-0.25, -0.2) is 0 Å². The second-order valence-corrected chi connectivity index (χ2v) is 6.88. The van der Waals surface area contributed by atoms with E-state index in [1.807, 2.05) is 26.0 Å². The first-order valence-electron chi connectivity index (χ1n) is 10.6. The average molecular weight is 449 g/mol. The highest BCUT2D eigenvalue weighted by Gasteiger charge is 2.08. The average Bonchev–Trinajstić information content (AvgIpc) is 2.83. The Hall–Kier alpha value is -4.14. The number of nitrogens with one attached hydrogen (secondary N) is 3. The summed E-state index contributed by atoms with van der Waals surface area (Å²) >= 11 is 0. The van der Waals surface area contributed by atoms with Crippen molar-refractivity contribution in [2.45, 2.75) is 13.8 Å². The Morgan fingerprint density at radius 3 is 2.03 bits per heavy atom. The van der Waals surface area contributed by atoms with Crippen molar-refractivity contribution in [2.24, 2.45) is 0 Å². The van der Waals surface area contributed by atoms with Gasteiger partial charge in [0.25, 0.3) is 0 Å². The molecule has 0 aliphatic carbocycles. The van der Waals surface area contributed by atoms with Crippen molar-refractivity contribution in [3.63, 3.8) is 0 Å². The van der Waals surface area contributed by atoms with Crippen LogP contribution in [0.3, 0.4) is 0 Å². The van der Waals surface area contributed by atoms with Gasteiger partial charge in [0.2, 0.25) is 17.8 Å². The van der Waals surface area contributed by atoms with Crippen LogP contribution in [0.5, 0.6) is 11.5 Å². The van der Waals surface area contributed by atoms with Crippen LogP contribution in [0.25, 0.3) is 6.08 Å². The number of ether oxygens (including phenoxy) is 2. The van der Waals surface area contributed by atoms with E-state index in [4.69, 9.17) is 9.47 Å². The fourth-order valence-corrected chi connectivity index (χ4v) is 2.98. The highest BCUT2D eigenvalue weighted by molar-refractivity contribution is 6.07. The number of carbonyl (C=O) groups is 1. The van der Waals surface area contributed by atoms with Gasteiger partial charge < -0.3 is 25.4 Å². The van der Waals surface area contributed by atoms with Crippen molar-refractivity contribution in [2.75, 3.05) is 43.3 Å². The Labute approximate surface area is 193 Å². The zero-order valence-electron chi connectivity index (χ0n) is 19.2. The third-order valence-corrected chi connectivity index (χ3v) is 4.57. The first-order valence-corrected chi connectivity index (χ1v) is 10.6. The topological polar surface area (TPSA) is 110 Å². The Kier molecular flexibility index (Phi) is 8.18. The molecule has 0 unspecified atom stereocenters. The Bertz CT molecular complexity index is 1090. The number of methoxy groups -OCH3 is 2. The van der Waals surface area contributed by atoms with Gasteiger partial charge in [-0.3, -0.25) is 4.79 Å². The van der Waals surface area contributed by atoms with Crippen molar-refractivity contribution in [3.05, 3.63) is 59.7 Å². The predicted octanol–water partition coefficient (Wildman–Crippen LogP) is 4.39. The van der Waals surface area contributed by atoms with Crippen LogP contribution in [0, 0.1) is 0 Å². The van der Waals surface area contributed by atoms with Gasteiger partial charge in [-0.2, -0.15) is 15.0 Å². The zero-order chi connectivity index (χ0) is 23.6. The number of benzene rings is 2. The Morgan fingerprint density at radius 2 is 1.45 bits per heavy atom. The van der Waals surface area contributed by atoms with E-state index < -0.39 is 0 Å². The largest absolute Gasteiger partial charge is 0.493 e. The molecule has 0 amide bonds. The van der Waals surface area contributed by atoms with Crippen LogP contribution in [-0.2, 0) is 0 Å². The minimum Gasteiger partial charge on any atom is -0.493 e. The molecule has 0 aliphatic heterocycles. The van der Waals surface area contributed by atoms with E-state index >= 15 is 0 Å². The van der Waals surface area contributed by atoms with Gasteiger partial charge in [0, 0.05) is 24.3 Å². The molecule has 0 spiro atoms. The molecule has 0 aliphatic rings. The molecule has 33 heavy (non-hydrogen) atoms. The van der Waals surface area contributed by atoms with Crippen molar-refractivity contribution >= 4 is 35.4 Å². The number of anilines is 4. The summed E-state index contributed by atoms with van der Waals surface area (Å²) in [6.45, 7) is 5.34. The molecule has 0 saturated heterocycles. The molecule has 1 heterocycles. The summed E-state index contributed by atoms with van der Waals surface area (Å²) in [5.41, 5.74) is 2.16. The number of allylic oxidation sites excluding steroid dienone is 1. The Balaban J connectivity index is 1.70. The predicted molar refractivity (Wildman–Crippen MR) is 131 cm³/mol. The molecule has 1 aromatic heterocycles. The van der Waals surface area contributed by atoms with Gasteiger partial charge in [0.1, 0.15) is 0 Å². The molecule has 0 radical (unpaired) electrons. The van der Waals surface area contributed by atoms with E-state index in [9.17, 15) is 4.79 Å². The maximum absolute atomic E-state index is 12.6. The van der Waals surface area contributed by atoms with Crippen LogP contribution in [0.1, 0.15) is 29.8 Å². The molecule has 3 N–H and O–H groups in total. The summed E-state index contributed by atoms with van der Waals surface area (Å²) in [5, 5.41) is 9.33. The summed E-state index contributed by atoms with van der Waals surface area (Å²) in [5.74, 6) is 2.51. The number of carbonyl (C=O) groups excluding carboxylic acids is 1. The quantitative estimate of drug-likeness (QED) is 0.290. The number of hydrogen-bond donors (Lipinski definition) is 3. The molecular formula is C24H28N6O3. The lowest BCUT2D eigenvalue weighted by molar-refractivity contribution is 0.104. The van der Waals surface area contributed by atoms with Gasteiger partial charge in [-0.1, -0.05) is 12.1 Å². The normalized spacial score (nSPS) is 10.7. The summed E-state index contributed by atoms with van der Waals surface area (Å²) < 4.78 is 10.5. The molecule has 0 fully saturated rings. The van der Waals surface area contributed by atoms with E-state index in [0.29, 0.717) is 48.0 Å². The number of ketones is 1. The molecule has 0 saturated carbocycles. The van der Waals surface area contributed by atoms with Crippen LogP contribution >= 0.6 is 0 Å². The van der Waals surface area contributed by atoms with E-state index in [0.717, 1.165) is 11.3 Å². The zero-order valence-corrected chi connectivity index (χ0v) is 19.2. The molecule has 3 aromatic rings. The summed E-state index contributed by atoms with van der Waals surface area (Å²) in [6.07, 6.45) is 3.27. The smallest absolute Gasteiger partial charge is 0.233 e. The van der Waals surface area contributed by atoms with Gasteiger partial charge in [-0.05, 0) is 61.9 Å². The molecule has 172 valence electrons. The van der Waals surface area contributed by atoms with E-state index in [2.05, 4.69) is 30.9 Å². The van der Waals surface area contributed by atoms with Crippen molar-refractivity contribution in [1.82, 2.24) is 15.0 Å². The first-order chi connectivity index (χ1) is 16.1. The standard InChI is InChI=1S/C24H28N6O3/c1-5-25-22-28-23(26-6-2)30-24(29-22)27-18-11-9-17(10-12-18)19(31)13-7-16-8-14-20(32-3)21(15-16)33-4/h7-15H,5-6H2,1-4H3,(H3,25,26,27,28,29,30)/b13-7+. The van der Waals surface area contributed by atoms with Gasteiger partial charge in [0.05, 0.1) is 14.2 Å². The SMILES string of the molecule is CCNc1nc(NCC)nc(Nc2ccc(C(=O)/C=C/c3ccc(OC)c(OC)c3)cc2)n1. The van der Waals surface area contributed by atoms with Gasteiger partial charge in [0.15, 0.2) is 17.3 Å². The fourth-order valence-electron chi connectivity index (χ4n) is 2.98. The van der Waals surface area contributed by atoms with Crippen molar-refractivity contribution in [1.29, 1.82) is 0 Å². The van der Waals surface area contributed by atoms with Crippen LogP contribution in [0.2, 0.25) is 0 Å². The minimum absolute atomic E-state index is 0.111. The minimum atomic E-state index is -0.111. The maximum Gasteiger partial charge on any atom is 0.233 e. The summed E-state index contributed by atoms with van der Waals surface area (Å²) in [4.78, 5) is 25.6. The molecule has 9 nitrogen and oxygen atoms in total. The number of nitrogens with zero attached hydrogens (tertiary/aromatic N) is 3. The molecule has 2 aromatic carbocycles. The van der Waals surface area contributed by atoms with E-state index in [1.165, 1.54) is 6.08 Å². The van der Waals surface area contributed by atoms with Crippen molar-refractivity contribution < 1.29 is 14.3 Å². The molecule has 0 bridgehead atoms. The second kappa shape index (κ2) is 11.5. The molecular weight excluding hydrogens is 420 g/mol. The number of rotatable bonds is 11. The van der Waals surface area contributed by atoms with E-state index in [1.54, 1.807) is 50.6 Å². The summed E-state index contributed by atoms with van der Waals surface area (Å²) in [6, 6.07) is 12.6. The van der Waals surface area contributed by atoms with Gasteiger partial charge >= 0.3 is 0 Å². The van der Waals surface area contributed by atoms with E-state index in [-0.39, 0.29) is 5.78 Å². The number of hydrogen-bond acceptors (Lipinski definition) is 9. The third-order valence-electron chi connectivity index (χ3n) is 4.57. The molecule has 9 heteroatoms. The number of aromatic nitrogens is 3. The monoisotopic (exact) mass is 448 g/mol. The summed E-state index contributed by atoms with van der Waals surface area (Å²) in [7, 11) is 3.16. The first kappa shape index (κ1) is 23.5. The third kappa shape index (κ3) is 6.42. The molecule has 3 rings (SSSR count). The van der Waals surface area contributed by atoms with Crippen LogP contribution in [-0.4, -0.2) is 48.0 Å². The van der Waals surface area contributed by atoms with Gasteiger partial charge in [-0.15, -0.1) is 0 Å². The highest BCUT2D eigenvalue weighted by Crippen LogP contribution is 2.28. The fraction of sp³-hybridized carbons (Fsp3) is 0.250. The lowest BCUT2D eigenvalue weighted by atomic mass is 10.1. The second-order valence-electron chi connectivity index (χ2n) is 6.88. The Morgan fingerprint density at radius 1 is 0.848 bits per heavy atom. The highest BCUT2D eigenvalue weighted by atomic mass is 16.5. The lowest BCUT2D eigenvalue weighted by Crippen LogP contribution is -2.10.